The number of imidazole rings is 1. The zero-order chi connectivity index (χ0) is 16.0. The van der Waals surface area contributed by atoms with Crippen molar-refractivity contribution in [3.63, 3.8) is 0 Å². The topological polar surface area (TPSA) is 30.2 Å². The number of rotatable bonds is 2. The highest BCUT2D eigenvalue weighted by atomic mass is 15.1. The van der Waals surface area contributed by atoms with E-state index < -0.39 is 0 Å². The Balaban J connectivity index is 2.18. The van der Waals surface area contributed by atoms with Crippen LogP contribution in [-0.2, 0) is 6.42 Å². The van der Waals surface area contributed by atoms with Crippen molar-refractivity contribution in [2.75, 3.05) is 0 Å². The van der Waals surface area contributed by atoms with Crippen molar-refractivity contribution in [3.8, 4) is 11.3 Å². The first-order valence-electron chi connectivity index (χ1n) is 8.02. The maximum Gasteiger partial charge on any atom is 0.113 e. The molecule has 0 unspecified atom stereocenters. The van der Waals surface area contributed by atoms with E-state index in [4.69, 9.17) is 9.97 Å². The zero-order valence-electron chi connectivity index (χ0n) is 13.7. The van der Waals surface area contributed by atoms with Gasteiger partial charge in [0.1, 0.15) is 5.82 Å². The molecule has 0 aliphatic rings. The molecule has 2 heterocycles. The Morgan fingerprint density at radius 1 is 0.913 bits per heavy atom. The summed E-state index contributed by atoms with van der Waals surface area (Å²) in [7, 11) is 0. The van der Waals surface area contributed by atoms with Gasteiger partial charge < -0.3 is 0 Å². The van der Waals surface area contributed by atoms with Crippen LogP contribution < -0.4 is 0 Å². The molecule has 0 fully saturated rings. The molecule has 0 N–H and O–H groups in total. The molecule has 3 nitrogen and oxygen atoms in total. The fraction of sp³-hybridized carbons (Fsp3) is 0.200. The van der Waals surface area contributed by atoms with E-state index >= 15 is 0 Å². The van der Waals surface area contributed by atoms with Gasteiger partial charge in [0.2, 0.25) is 0 Å². The van der Waals surface area contributed by atoms with Gasteiger partial charge in [-0.15, -0.1) is 0 Å². The first kappa shape index (κ1) is 13.9. The Bertz CT molecular complexity index is 1010. The molecule has 0 aliphatic heterocycles. The lowest BCUT2D eigenvalue weighted by molar-refractivity contribution is 0.945. The van der Waals surface area contributed by atoms with E-state index in [2.05, 4.69) is 67.6 Å². The maximum absolute atomic E-state index is 4.95. The summed E-state index contributed by atoms with van der Waals surface area (Å²) in [6.45, 7) is 6.32. The van der Waals surface area contributed by atoms with Crippen molar-refractivity contribution >= 4 is 16.6 Å². The molecule has 0 atom stereocenters. The standard InChI is InChI=1S/C20H19N3/c1-4-18-21-14(3)20-19(15-11-9-13(2)10-12-15)22-16-7-5-6-8-17(16)23(18)20/h5-12H,4H2,1-3H3. The monoisotopic (exact) mass is 301 g/mol. The third-order valence-corrected chi connectivity index (χ3v) is 4.34. The van der Waals surface area contributed by atoms with Crippen molar-refractivity contribution in [2.24, 2.45) is 0 Å². The van der Waals surface area contributed by atoms with E-state index in [1.807, 2.05) is 6.07 Å². The third-order valence-electron chi connectivity index (χ3n) is 4.34. The maximum atomic E-state index is 4.95. The number of hydrogen-bond donors (Lipinski definition) is 0. The van der Waals surface area contributed by atoms with Gasteiger partial charge in [0.15, 0.2) is 0 Å². The molecule has 0 bridgehead atoms. The smallest absolute Gasteiger partial charge is 0.113 e. The van der Waals surface area contributed by atoms with Crippen molar-refractivity contribution < 1.29 is 0 Å². The van der Waals surface area contributed by atoms with Crippen LogP contribution in [0.25, 0.3) is 27.8 Å². The molecular formula is C20H19N3. The average Bonchev–Trinajstić information content (AvgIpc) is 2.92. The Morgan fingerprint density at radius 2 is 1.65 bits per heavy atom. The molecule has 0 saturated heterocycles. The number of hydrogen-bond acceptors (Lipinski definition) is 2. The number of para-hydroxylation sites is 2. The van der Waals surface area contributed by atoms with E-state index in [0.717, 1.165) is 45.7 Å². The average molecular weight is 301 g/mol. The van der Waals surface area contributed by atoms with E-state index in [9.17, 15) is 0 Å². The predicted octanol–water partition coefficient (Wildman–Crippen LogP) is 4.73. The quantitative estimate of drug-likeness (QED) is 0.536. The lowest BCUT2D eigenvalue weighted by Gasteiger charge is -2.10. The molecular weight excluding hydrogens is 282 g/mol. The summed E-state index contributed by atoms with van der Waals surface area (Å²) in [6.07, 6.45) is 0.899. The van der Waals surface area contributed by atoms with Gasteiger partial charge in [-0.25, -0.2) is 9.97 Å². The second-order valence-corrected chi connectivity index (χ2v) is 5.97. The van der Waals surface area contributed by atoms with Gasteiger partial charge in [-0.2, -0.15) is 0 Å². The molecule has 23 heavy (non-hydrogen) atoms. The van der Waals surface area contributed by atoms with Crippen molar-refractivity contribution in [3.05, 3.63) is 65.6 Å². The number of aryl methyl sites for hydroxylation is 3. The molecule has 0 radical (unpaired) electrons. The second-order valence-electron chi connectivity index (χ2n) is 5.97. The molecule has 0 saturated carbocycles. The summed E-state index contributed by atoms with van der Waals surface area (Å²) >= 11 is 0. The zero-order valence-corrected chi connectivity index (χ0v) is 13.7. The molecule has 2 aromatic heterocycles. The van der Waals surface area contributed by atoms with Crippen LogP contribution in [0.1, 0.15) is 24.0 Å². The fourth-order valence-electron chi connectivity index (χ4n) is 3.20. The summed E-state index contributed by atoms with van der Waals surface area (Å²) in [5.74, 6) is 1.09. The summed E-state index contributed by atoms with van der Waals surface area (Å²) in [4.78, 5) is 9.74. The highest BCUT2D eigenvalue weighted by molar-refractivity contribution is 5.88. The highest BCUT2D eigenvalue weighted by Crippen LogP contribution is 2.30. The Hall–Kier alpha value is -2.68. The molecule has 3 heteroatoms. The van der Waals surface area contributed by atoms with E-state index in [1.54, 1.807) is 0 Å². The van der Waals surface area contributed by atoms with Crippen molar-refractivity contribution in [2.45, 2.75) is 27.2 Å². The Kier molecular flexibility index (Phi) is 3.15. The third kappa shape index (κ3) is 2.12. The highest BCUT2D eigenvalue weighted by Gasteiger charge is 2.16. The van der Waals surface area contributed by atoms with Gasteiger partial charge in [0, 0.05) is 12.0 Å². The Morgan fingerprint density at radius 3 is 2.39 bits per heavy atom. The molecule has 0 amide bonds. The second kappa shape index (κ2) is 5.20. The lowest BCUT2D eigenvalue weighted by atomic mass is 10.1. The first-order chi connectivity index (χ1) is 11.2. The van der Waals surface area contributed by atoms with Gasteiger partial charge in [-0.1, -0.05) is 48.9 Å². The van der Waals surface area contributed by atoms with Gasteiger partial charge in [0.25, 0.3) is 0 Å². The minimum absolute atomic E-state index is 0.899. The number of fused-ring (bicyclic) bond motifs is 3. The van der Waals surface area contributed by atoms with Gasteiger partial charge in [-0.3, -0.25) is 4.40 Å². The van der Waals surface area contributed by atoms with Gasteiger partial charge >= 0.3 is 0 Å². The normalized spacial score (nSPS) is 11.4. The molecule has 0 spiro atoms. The van der Waals surface area contributed by atoms with Crippen LogP contribution in [-0.4, -0.2) is 14.4 Å². The minimum Gasteiger partial charge on any atom is -0.292 e. The van der Waals surface area contributed by atoms with Crippen LogP contribution in [0.3, 0.4) is 0 Å². The summed E-state index contributed by atoms with van der Waals surface area (Å²) in [5.41, 5.74) is 7.68. The Labute approximate surface area is 135 Å². The van der Waals surface area contributed by atoms with Gasteiger partial charge in [-0.05, 0) is 26.0 Å². The SMILES string of the molecule is CCc1nc(C)c2c(-c3ccc(C)cc3)nc3ccccc3n12. The van der Waals surface area contributed by atoms with Gasteiger partial charge in [0.05, 0.1) is 27.9 Å². The van der Waals surface area contributed by atoms with Crippen LogP contribution in [0.4, 0.5) is 0 Å². The van der Waals surface area contributed by atoms with E-state index in [-0.39, 0.29) is 0 Å². The summed E-state index contributed by atoms with van der Waals surface area (Å²) in [5, 5.41) is 0. The van der Waals surface area contributed by atoms with Crippen LogP contribution in [0, 0.1) is 13.8 Å². The van der Waals surface area contributed by atoms with Crippen molar-refractivity contribution in [1.82, 2.24) is 14.4 Å². The molecule has 0 aliphatic carbocycles. The number of aromatic nitrogens is 3. The molecule has 4 aromatic rings. The van der Waals surface area contributed by atoms with Crippen molar-refractivity contribution in [1.29, 1.82) is 0 Å². The molecule has 4 rings (SSSR count). The summed E-state index contributed by atoms with van der Waals surface area (Å²) < 4.78 is 2.27. The van der Waals surface area contributed by atoms with E-state index in [0.29, 0.717) is 0 Å². The molecule has 114 valence electrons. The number of nitrogens with zero attached hydrogens (tertiary/aromatic N) is 3. The minimum atomic E-state index is 0.899. The number of benzene rings is 2. The lowest BCUT2D eigenvalue weighted by Crippen LogP contribution is -1.99. The fourth-order valence-corrected chi connectivity index (χ4v) is 3.20. The van der Waals surface area contributed by atoms with Crippen LogP contribution >= 0.6 is 0 Å². The largest absolute Gasteiger partial charge is 0.292 e. The molecule has 2 aromatic carbocycles. The van der Waals surface area contributed by atoms with Crippen LogP contribution in [0.5, 0.6) is 0 Å². The van der Waals surface area contributed by atoms with Crippen LogP contribution in [0.2, 0.25) is 0 Å². The van der Waals surface area contributed by atoms with E-state index in [1.165, 1.54) is 5.56 Å². The summed E-state index contributed by atoms with van der Waals surface area (Å²) in [6, 6.07) is 16.8. The predicted molar refractivity (Wildman–Crippen MR) is 94.8 cm³/mol. The van der Waals surface area contributed by atoms with Crippen LogP contribution in [0.15, 0.2) is 48.5 Å². The first-order valence-corrected chi connectivity index (χ1v) is 8.02.